The Morgan fingerprint density at radius 1 is 1.56 bits per heavy atom. The standard InChI is InChI=1S/C10H14ClFN2OS/c1-4-14(3)16(15)13-9-6-8(11)5-7(2)10(9)12/h5-6,13H,4H2,1-3H3. The number of hydrogen-bond donors (Lipinski definition) is 1. The van der Waals surface area contributed by atoms with Crippen molar-refractivity contribution in [3.05, 3.63) is 28.5 Å². The fraction of sp³-hybridized carbons (Fsp3) is 0.400. The second-order valence-electron chi connectivity index (χ2n) is 3.38. The third-order valence-electron chi connectivity index (χ3n) is 2.14. The van der Waals surface area contributed by atoms with Gasteiger partial charge in [0, 0.05) is 18.6 Å². The summed E-state index contributed by atoms with van der Waals surface area (Å²) in [4.78, 5) is 0. The molecule has 0 fully saturated rings. The molecule has 0 saturated carbocycles. The lowest BCUT2D eigenvalue weighted by Crippen LogP contribution is -2.26. The molecule has 0 radical (unpaired) electrons. The summed E-state index contributed by atoms with van der Waals surface area (Å²) in [7, 11) is 1.68. The molecule has 90 valence electrons. The van der Waals surface area contributed by atoms with E-state index in [1.54, 1.807) is 18.3 Å². The van der Waals surface area contributed by atoms with E-state index < -0.39 is 17.0 Å². The SMILES string of the molecule is CCN(C)S(=O)Nc1cc(Cl)cc(C)c1F. The number of benzene rings is 1. The Bertz CT molecular complexity index is 414. The second kappa shape index (κ2) is 5.61. The summed E-state index contributed by atoms with van der Waals surface area (Å²) in [5.41, 5.74) is 0.579. The molecule has 0 aliphatic carbocycles. The minimum absolute atomic E-state index is 0.156. The van der Waals surface area contributed by atoms with E-state index in [-0.39, 0.29) is 5.69 Å². The lowest BCUT2D eigenvalue weighted by atomic mass is 10.2. The van der Waals surface area contributed by atoms with Gasteiger partial charge in [-0.15, -0.1) is 0 Å². The Kier molecular flexibility index (Phi) is 4.70. The van der Waals surface area contributed by atoms with Crippen LogP contribution in [0.1, 0.15) is 12.5 Å². The molecule has 0 aliphatic heterocycles. The smallest absolute Gasteiger partial charge is 0.196 e. The average molecular weight is 265 g/mol. The van der Waals surface area contributed by atoms with Gasteiger partial charge in [-0.25, -0.2) is 12.9 Å². The molecule has 1 atom stereocenters. The fourth-order valence-corrected chi connectivity index (χ4v) is 2.09. The van der Waals surface area contributed by atoms with Crippen molar-refractivity contribution < 1.29 is 8.60 Å². The van der Waals surface area contributed by atoms with E-state index in [9.17, 15) is 8.60 Å². The van der Waals surface area contributed by atoms with Gasteiger partial charge in [0.15, 0.2) is 11.2 Å². The molecular weight excluding hydrogens is 251 g/mol. The van der Waals surface area contributed by atoms with E-state index in [1.807, 2.05) is 6.92 Å². The molecule has 1 N–H and O–H groups in total. The summed E-state index contributed by atoms with van der Waals surface area (Å²) >= 11 is 4.34. The quantitative estimate of drug-likeness (QED) is 0.891. The number of nitrogens with zero attached hydrogens (tertiary/aromatic N) is 1. The van der Waals surface area contributed by atoms with Gasteiger partial charge in [-0.3, -0.25) is 4.72 Å². The second-order valence-corrected chi connectivity index (χ2v) is 5.14. The van der Waals surface area contributed by atoms with E-state index in [0.717, 1.165) is 0 Å². The van der Waals surface area contributed by atoms with Gasteiger partial charge >= 0.3 is 0 Å². The van der Waals surface area contributed by atoms with Crippen molar-refractivity contribution in [1.82, 2.24) is 4.31 Å². The molecule has 0 aromatic heterocycles. The molecule has 1 unspecified atom stereocenters. The van der Waals surface area contributed by atoms with E-state index in [0.29, 0.717) is 17.1 Å². The van der Waals surface area contributed by atoms with Gasteiger partial charge in [0.1, 0.15) is 5.82 Å². The Balaban J connectivity index is 2.93. The van der Waals surface area contributed by atoms with Crippen LogP contribution in [0.5, 0.6) is 0 Å². The van der Waals surface area contributed by atoms with Crippen LogP contribution in [0, 0.1) is 12.7 Å². The van der Waals surface area contributed by atoms with Crippen LogP contribution in [0.4, 0.5) is 10.1 Å². The molecule has 1 rings (SSSR count). The minimum Gasteiger partial charge on any atom is -0.289 e. The topological polar surface area (TPSA) is 32.3 Å². The molecule has 0 heterocycles. The van der Waals surface area contributed by atoms with Crippen LogP contribution in [0.15, 0.2) is 12.1 Å². The summed E-state index contributed by atoms with van der Waals surface area (Å²) in [6.45, 7) is 4.07. The molecule has 6 heteroatoms. The van der Waals surface area contributed by atoms with Gasteiger partial charge in [-0.2, -0.15) is 0 Å². The predicted octanol–water partition coefficient (Wildman–Crippen LogP) is 2.73. The monoisotopic (exact) mass is 264 g/mol. The minimum atomic E-state index is -1.46. The highest BCUT2D eigenvalue weighted by atomic mass is 35.5. The summed E-state index contributed by atoms with van der Waals surface area (Å²) in [5, 5.41) is 0.414. The lowest BCUT2D eigenvalue weighted by Gasteiger charge is -2.15. The molecule has 0 spiro atoms. The molecule has 0 saturated heterocycles. The zero-order valence-electron chi connectivity index (χ0n) is 9.38. The van der Waals surface area contributed by atoms with Crippen LogP contribution >= 0.6 is 11.6 Å². The summed E-state index contributed by atoms with van der Waals surface area (Å²) in [6.07, 6.45) is 0. The summed E-state index contributed by atoms with van der Waals surface area (Å²) < 4.78 is 29.4. The van der Waals surface area contributed by atoms with Gasteiger partial charge in [-0.05, 0) is 24.6 Å². The molecular formula is C10H14ClFN2OS. The third kappa shape index (κ3) is 3.17. The highest BCUT2D eigenvalue weighted by molar-refractivity contribution is 7.84. The van der Waals surface area contributed by atoms with E-state index in [4.69, 9.17) is 11.6 Å². The van der Waals surface area contributed by atoms with Crippen molar-refractivity contribution in [3.8, 4) is 0 Å². The first-order valence-electron chi connectivity index (χ1n) is 4.81. The van der Waals surface area contributed by atoms with Crippen LogP contribution in [0.3, 0.4) is 0 Å². The van der Waals surface area contributed by atoms with Crippen LogP contribution in [-0.2, 0) is 11.2 Å². The predicted molar refractivity (Wildman–Crippen MR) is 66.2 cm³/mol. The zero-order valence-corrected chi connectivity index (χ0v) is 11.0. The van der Waals surface area contributed by atoms with Gasteiger partial charge < -0.3 is 0 Å². The largest absolute Gasteiger partial charge is 0.289 e. The summed E-state index contributed by atoms with van der Waals surface area (Å²) in [5.74, 6) is -0.428. The number of halogens is 2. The van der Waals surface area contributed by atoms with Crippen molar-refractivity contribution in [3.63, 3.8) is 0 Å². The van der Waals surface area contributed by atoms with Crippen molar-refractivity contribution >= 4 is 28.5 Å². The third-order valence-corrected chi connectivity index (χ3v) is 3.58. The molecule has 16 heavy (non-hydrogen) atoms. The van der Waals surface area contributed by atoms with Gasteiger partial charge in [-0.1, -0.05) is 18.5 Å². The van der Waals surface area contributed by atoms with Crippen LogP contribution in [-0.4, -0.2) is 22.1 Å². The maximum Gasteiger partial charge on any atom is 0.196 e. The molecule has 0 bridgehead atoms. The van der Waals surface area contributed by atoms with Crippen molar-refractivity contribution in [2.75, 3.05) is 18.3 Å². The van der Waals surface area contributed by atoms with Crippen LogP contribution in [0.2, 0.25) is 5.02 Å². The lowest BCUT2D eigenvalue weighted by molar-refractivity contribution is 0.551. The number of hydrogen-bond acceptors (Lipinski definition) is 1. The highest BCUT2D eigenvalue weighted by Gasteiger charge is 2.11. The number of aryl methyl sites for hydroxylation is 1. The fourth-order valence-electron chi connectivity index (χ4n) is 1.09. The van der Waals surface area contributed by atoms with E-state index >= 15 is 0 Å². The zero-order chi connectivity index (χ0) is 12.3. The van der Waals surface area contributed by atoms with Crippen molar-refractivity contribution in [1.29, 1.82) is 0 Å². The first kappa shape index (κ1) is 13.4. The van der Waals surface area contributed by atoms with E-state index in [1.165, 1.54) is 12.1 Å². The number of nitrogens with one attached hydrogen (secondary N) is 1. The highest BCUT2D eigenvalue weighted by Crippen LogP contribution is 2.23. The molecule has 1 aromatic carbocycles. The van der Waals surface area contributed by atoms with Crippen LogP contribution in [0.25, 0.3) is 0 Å². The molecule has 0 aliphatic rings. The maximum absolute atomic E-state index is 13.6. The van der Waals surface area contributed by atoms with Gasteiger partial charge in [0.05, 0.1) is 5.69 Å². The first-order chi connectivity index (χ1) is 7.45. The van der Waals surface area contributed by atoms with Gasteiger partial charge in [0.25, 0.3) is 0 Å². The average Bonchev–Trinajstić information content (AvgIpc) is 2.23. The van der Waals surface area contributed by atoms with E-state index in [2.05, 4.69) is 4.72 Å². The number of anilines is 1. The molecule has 3 nitrogen and oxygen atoms in total. The van der Waals surface area contributed by atoms with Crippen LogP contribution < -0.4 is 4.72 Å². The Morgan fingerprint density at radius 2 is 2.19 bits per heavy atom. The molecule has 0 amide bonds. The first-order valence-corrected chi connectivity index (χ1v) is 6.29. The number of rotatable bonds is 4. The van der Waals surface area contributed by atoms with Crippen molar-refractivity contribution in [2.24, 2.45) is 0 Å². The van der Waals surface area contributed by atoms with Gasteiger partial charge in [0.2, 0.25) is 0 Å². The van der Waals surface area contributed by atoms with Crippen molar-refractivity contribution in [2.45, 2.75) is 13.8 Å². The summed E-state index contributed by atoms with van der Waals surface area (Å²) in [6, 6.07) is 2.94. The Labute approximate surface area is 102 Å². The molecule has 1 aromatic rings. The Hall–Kier alpha value is -0.650. The maximum atomic E-state index is 13.6. The Morgan fingerprint density at radius 3 is 2.75 bits per heavy atom. The normalized spacial score (nSPS) is 12.9.